The molecule has 0 bridgehead atoms. The molecule has 0 aliphatic carbocycles. The second kappa shape index (κ2) is 10.6. The molecule has 3 aromatic carbocycles. The summed E-state index contributed by atoms with van der Waals surface area (Å²) in [5.74, 6) is -0.856. The third-order valence-electron chi connectivity index (χ3n) is 4.87. The van der Waals surface area contributed by atoms with Gasteiger partial charge in [-0.25, -0.2) is 4.39 Å². The molecule has 0 saturated heterocycles. The first-order valence-corrected chi connectivity index (χ1v) is 11.2. The van der Waals surface area contributed by atoms with Gasteiger partial charge in [0.25, 0.3) is 10.1 Å². The van der Waals surface area contributed by atoms with E-state index in [-0.39, 0.29) is 24.1 Å². The molecule has 0 saturated carbocycles. The Morgan fingerprint density at radius 1 is 0.871 bits per heavy atom. The molecule has 0 aliphatic heterocycles. The van der Waals surface area contributed by atoms with Crippen molar-refractivity contribution in [3.8, 4) is 0 Å². The number of aryl methyl sites for hydroxylation is 1. The van der Waals surface area contributed by atoms with Crippen molar-refractivity contribution in [1.82, 2.24) is 0 Å². The maximum atomic E-state index is 13.5. The van der Waals surface area contributed by atoms with Gasteiger partial charge in [-0.1, -0.05) is 60.2 Å². The van der Waals surface area contributed by atoms with Gasteiger partial charge in [0.15, 0.2) is 0 Å². The highest BCUT2D eigenvalue weighted by atomic mass is 32.2. The highest BCUT2D eigenvalue weighted by Gasteiger charge is 2.29. The van der Waals surface area contributed by atoms with Crippen molar-refractivity contribution >= 4 is 10.1 Å². The zero-order valence-corrected chi connectivity index (χ0v) is 18.2. The third kappa shape index (κ3) is 6.21. The van der Waals surface area contributed by atoms with Crippen LogP contribution >= 0.6 is 0 Å². The van der Waals surface area contributed by atoms with Gasteiger partial charge < -0.3 is 9.47 Å². The second-order valence-electron chi connectivity index (χ2n) is 7.11. The van der Waals surface area contributed by atoms with E-state index < -0.39 is 22.1 Å². The Hall–Kier alpha value is -2.58. The minimum absolute atomic E-state index is 0.0178. The molecule has 0 fully saturated rings. The van der Waals surface area contributed by atoms with Crippen LogP contribution in [0, 0.1) is 12.7 Å². The molecular weight excluding hydrogens is 419 g/mol. The Bertz CT molecular complexity index is 1050. The average Bonchev–Trinajstić information content (AvgIpc) is 2.77. The normalized spacial score (nSPS) is 13.6. The summed E-state index contributed by atoms with van der Waals surface area (Å²) in [4.78, 5) is 0.0843. The number of methoxy groups -OCH3 is 1. The molecule has 0 unspecified atom stereocenters. The summed E-state index contributed by atoms with van der Waals surface area (Å²) in [6.07, 6.45) is -0.615. The Morgan fingerprint density at radius 2 is 1.52 bits per heavy atom. The van der Waals surface area contributed by atoms with E-state index in [2.05, 4.69) is 0 Å². The number of hydrogen-bond donors (Lipinski definition) is 0. The fourth-order valence-electron chi connectivity index (χ4n) is 3.23. The first-order valence-electron chi connectivity index (χ1n) is 9.78. The van der Waals surface area contributed by atoms with Gasteiger partial charge >= 0.3 is 0 Å². The van der Waals surface area contributed by atoms with Crippen LogP contribution < -0.4 is 0 Å². The van der Waals surface area contributed by atoms with Gasteiger partial charge in [0.1, 0.15) is 12.6 Å². The van der Waals surface area contributed by atoms with Crippen LogP contribution in [0.2, 0.25) is 0 Å². The lowest BCUT2D eigenvalue weighted by atomic mass is 9.89. The molecular formula is C24H25FO5S. The first-order chi connectivity index (χ1) is 14.9. The zero-order valence-electron chi connectivity index (χ0n) is 17.4. The van der Waals surface area contributed by atoms with E-state index in [1.165, 1.54) is 31.4 Å². The van der Waals surface area contributed by atoms with Crippen molar-refractivity contribution < 1.29 is 26.5 Å². The Balaban J connectivity index is 1.92. The summed E-state index contributed by atoms with van der Waals surface area (Å²) in [6.45, 7) is 1.70. The van der Waals surface area contributed by atoms with Gasteiger partial charge in [-0.05, 0) is 42.3 Å². The first kappa shape index (κ1) is 23.1. The maximum absolute atomic E-state index is 13.5. The standard InChI is InChI=1S/C24H25FO5S/c1-18-8-14-22(15-9-18)31(26,27)30-16-23(19-6-4-3-5-7-19)24(29-17-28-2)20-10-12-21(25)13-11-20/h3-15,23-24H,16-17H2,1-2H3/t23-,24-/m0/s1. The van der Waals surface area contributed by atoms with E-state index in [1.807, 2.05) is 37.3 Å². The molecule has 0 amide bonds. The van der Waals surface area contributed by atoms with Crippen molar-refractivity contribution in [3.05, 3.63) is 101 Å². The predicted molar refractivity (Wildman–Crippen MR) is 116 cm³/mol. The molecule has 0 aliphatic rings. The molecule has 0 radical (unpaired) electrons. The van der Waals surface area contributed by atoms with Crippen LogP contribution in [0.3, 0.4) is 0 Å². The quantitative estimate of drug-likeness (QED) is 0.326. The fourth-order valence-corrected chi connectivity index (χ4v) is 4.16. The van der Waals surface area contributed by atoms with Crippen LogP contribution in [0.4, 0.5) is 4.39 Å². The maximum Gasteiger partial charge on any atom is 0.296 e. The molecule has 3 rings (SSSR count). The Kier molecular flexibility index (Phi) is 7.92. The van der Waals surface area contributed by atoms with Crippen LogP contribution in [-0.4, -0.2) is 28.9 Å². The van der Waals surface area contributed by atoms with Gasteiger partial charge in [0, 0.05) is 13.0 Å². The average molecular weight is 445 g/mol. The van der Waals surface area contributed by atoms with Crippen molar-refractivity contribution in [1.29, 1.82) is 0 Å². The van der Waals surface area contributed by atoms with Crippen molar-refractivity contribution in [3.63, 3.8) is 0 Å². The summed E-state index contributed by atoms with van der Waals surface area (Å²) in [5.41, 5.74) is 2.46. The number of hydrogen-bond acceptors (Lipinski definition) is 5. The summed E-state index contributed by atoms with van der Waals surface area (Å²) in [7, 11) is -2.47. The third-order valence-corrected chi connectivity index (χ3v) is 6.17. The van der Waals surface area contributed by atoms with E-state index in [9.17, 15) is 12.8 Å². The second-order valence-corrected chi connectivity index (χ2v) is 8.73. The van der Waals surface area contributed by atoms with Crippen molar-refractivity contribution in [2.75, 3.05) is 20.5 Å². The van der Waals surface area contributed by atoms with E-state index in [0.717, 1.165) is 11.1 Å². The van der Waals surface area contributed by atoms with Gasteiger partial charge in [-0.15, -0.1) is 0 Å². The topological polar surface area (TPSA) is 61.8 Å². The Labute approximate surface area is 182 Å². The predicted octanol–water partition coefficient (Wildman–Crippen LogP) is 4.99. The van der Waals surface area contributed by atoms with Gasteiger partial charge in [0.2, 0.25) is 0 Å². The molecule has 0 N–H and O–H groups in total. The van der Waals surface area contributed by atoms with Crippen molar-refractivity contribution in [2.24, 2.45) is 0 Å². The molecule has 3 aromatic rings. The van der Waals surface area contributed by atoms with Gasteiger partial charge in [-0.2, -0.15) is 8.42 Å². The zero-order chi connectivity index (χ0) is 22.3. The monoisotopic (exact) mass is 444 g/mol. The Morgan fingerprint density at radius 3 is 2.13 bits per heavy atom. The molecule has 0 aromatic heterocycles. The van der Waals surface area contributed by atoms with Gasteiger partial charge in [-0.3, -0.25) is 4.18 Å². The fraction of sp³-hybridized carbons (Fsp3) is 0.250. The SMILES string of the molecule is COCO[C@@H](c1ccc(F)cc1)[C@@H](COS(=O)(=O)c1ccc(C)cc1)c1ccccc1. The lowest BCUT2D eigenvalue weighted by molar-refractivity contribution is -0.0860. The van der Waals surface area contributed by atoms with Crippen LogP contribution in [-0.2, 0) is 23.8 Å². The highest BCUT2D eigenvalue weighted by Crippen LogP contribution is 2.35. The smallest absolute Gasteiger partial charge is 0.296 e. The summed E-state index contributed by atoms with van der Waals surface area (Å²) in [5, 5.41) is 0. The summed E-state index contributed by atoms with van der Waals surface area (Å²) in [6, 6.07) is 21.7. The molecule has 2 atom stereocenters. The number of benzene rings is 3. The minimum atomic E-state index is -3.97. The van der Waals surface area contributed by atoms with E-state index in [1.54, 1.807) is 24.3 Å². The lowest BCUT2D eigenvalue weighted by Crippen LogP contribution is -2.22. The van der Waals surface area contributed by atoms with Crippen molar-refractivity contribution in [2.45, 2.75) is 23.8 Å². The summed E-state index contributed by atoms with van der Waals surface area (Å²) >= 11 is 0. The largest absolute Gasteiger partial charge is 0.359 e. The van der Waals surface area contributed by atoms with E-state index in [0.29, 0.717) is 5.56 Å². The molecule has 5 nitrogen and oxygen atoms in total. The van der Waals surface area contributed by atoms with Crippen LogP contribution in [0.5, 0.6) is 0 Å². The minimum Gasteiger partial charge on any atom is -0.359 e. The lowest BCUT2D eigenvalue weighted by Gasteiger charge is -2.28. The highest BCUT2D eigenvalue weighted by molar-refractivity contribution is 7.86. The molecule has 7 heteroatoms. The van der Waals surface area contributed by atoms with E-state index >= 15 is 0 Å². The number of rotatable bonds is 10. The number of ether oxygens (including phenoxy) is 2. The molecule has 164 valence electrons. The van der Waals surface area contributed by atoms with Crippen LogP contribution in [0.25, 0.3) is 0 Å². The summed E-state index contributed by atoms with van der Waals surface area (Å²) < 4.78 is 55.4. The van der Waals surface area contributed by atoms with Crippen LogP contribution in [0.1, 0.15) is 28.7 Å². The van der Waals surface area contributed by atoms with E-state index in [4.69, 9.17) is 13.7 Å². The number of halogens is 1. The molecule has 0 heterocycles. The van der Waals surface area contributed by atoms with Gasteiger partial charge in [0.05, 0.1) is 17.6 Å². The van der Waals surface area contributed by atoms with Crippen LogP contribution in [0.15, 0.2) is 83.8 Å². The molecule has 31 heavy (non-hydrogen) atoms. The molecule has 0 spiro atoms.